The summed E-state index contributed by atoms with van der Waals surface area (Å²) in [5, 5.41) is 7.35. The number of methoxy groups -OCH3 is 2. The lowest BCUT2D eigenvalue weighted by Crippen LogP contribution is -2.28. The van der Waals surface area contributed by atoms with Gasteiger partial charge in [-0.05, 0) is 36.4 Å². The van der Waals surface area contributed by atoms with Crippen molar-refractivity contribution in [2.24, 2.45) is 0 Å². The van der Waals surface area contributed by atoms with Gasteiger partial charge < -0.3 is 24.1 Å². The normalized spacial score (nSPS) is 10.5. The average Bonchev–Trinajstić information content (AvgIpc) is 3.20. The zero-order valence-corrected chi connectivity index (χ0v) is 17.1. The van der Waals surface area contributed by atoms with E-state index in [4.69, 9.17) is 41.9 Å². The Kier molecular flexibility index (Phi) is 6.79. The van der Waals surface area contributed by atoms with E-state index in [1.807, 2.05) is 0 Å². The van der Waals surface area contributed by atoms with E-state index in [1.165, 1.54) is 13.2 Å². The third-order valence-corrected chi connectivity index (χ3v) is 4.33. The molecule has 3 rings (SSSR count). The number of nitrogens with zero attached hydrogens (tertiary/aromatic N) is 2. The molecular weight excluding hydrogens is 421 g/mol. The fourth-order valence-electron chi connectivity index (χ4n) is 2.38. The minimum atomic E-state index is -0.373. The fourth-order valence-corrected chi connectivity index (χ4v) is 2.84. The second-order valence-electron chi connectivity index (χ2n) is 5.72. The smallest absolute Gasteiger partial charge is 0.258 e. The Morgan fingerprint density at radius 1 is 1.07 bits per heavy atom. The van der Waals surface area contributed by atoms with Crippen molar-refractivity contribution < 1.29 is 23.5 Å². The monoisotopic (exact) mass is 437 g/mol. The van der Waals surface area contributed by atoms with Crippen molar-refractivity contribution in [2.75, 3.05) is 20.8 Å². The quantitative estimate of drug-likeness (QED) is 0.572. The fraction of sp³-hybridized carbons (Fsp3) is 0.211. The van der Waals surface area contributed by atoms with Crippen molar-refractivity contribution in [1.29, 1.82) is 0 Å². The molecule has 3 aromatic rings. The molecular formula is C19H17Cl2N3O5. The van der Waals surface area contributed by atoms with Gasteiger partial charge in [0.25, 0.3) is 5.91 Å². The molecule has 1 amide bonds. The van der Waals surface area contributed by atoms with Gasteiger partial charge in [-0.25, -0.2) is 0 Å². The molecule has 0 spiro atoms. The molecule has 1 heterocycles. The van der Waals surface area contributed by atoms with Crippen molar-refractivity contribution in [2.45, 2.75) is 6.54 Å². The molecule has 2 aromatic carbocycles. The summed E-state index contributed by atoms with van der Waals surface area (Å²) in [5.74, 6) is 1.73. The van der Waals surface area contributed by atoms with E-state index < -0.39 is 0 Å². The summed E-state index contributed by atoms with van der Waals surface area (Å²) in [6.45, 7) is -0.172. The molecule has 8 nitrogen and oxygen atoms in total. The summed E-state index contributed by atoms with van der Waals surface area (Å²) in [6, 6.07) is 9.99. The Morgan fingerprint density at radius 3 is 2.55 bits per heavy atom. The van der Waals surface area contributed by atoms with Crippen LogP contribution in [0.2, 0.25) is 10.0 Å². The van der Waals surface area contributed by atoms with E-state index in [9.17, 15) is 4.79 Å². The lowest BCUT2D eigenvalue weighted by molar-refractivity contribution is -0.123. The van der Waals surface area contributed by atoms with Crippen LogP contribution < -0.4 is 19.5 Å². The number of rotatable bonds is 8. The molecule has 0 saturated carbocycles. The maximum Gasteiger partial charge on any atom is 0.258 e. The van der Waals surface area contributed by atoms with Crippen LogP contribution in [-0.4, -0.2) is 36.9 Å². The topological polar surface area (TPSA) is 95.7 Å². The summed E-state index contributed by atoms with van der Waals surface area (Å²) < 4.78 is 21.0. The molecule has 29 heavy (non-hydrogen) atoms. The molecule has 1 N–H and O–H groups in total. The number of benzene rings is 2. The maximum atomic E-state index is 12.0. The summed E-state index contributed by atoms with van der Waals surface area (Å²) in [4.78, 5) is 16.2. The van der Waals surface area contributed by atoms with Crippen molar-refractivity contribution >= 4 is 29.1 Å². The van der Waals surface area contributed by atoms with Gasteiger partial charge in [-0.15, -0.1) is 0 Å². The minimum absolute atomic E-state index is 0.0524. The Bertz CT molecular complexity index is 1010. The third-order valence-electron chi connectivity index (χ3n) is 3.80. The Labute approximate surface area is 176 Å². The van der Waals surface area contributed by atoms with Crippen LogP contribution in [0.5, 0.6) is 17.2 Å². The molecule has 0 unspecified atom stereocenters. The van der Waals surface area contributed by atoms with E-state index in [2.05, 4.69) is 15.5 Å². The van der Waals surface area contributed by atoms with Gasteiger partial charge in [0.15, 0.2) is 18.1 Å². The maximum absolute atomic E-state index is 12.0. The molecule has 0 fully saturated rings. The zero-order chi connectivity index (χ0) is 20.8. The lowest BCUT2D eigenvalue weighted by Gasteiger charge is -2.08. The number of ether oxygens (including phenoxy) is 3. The van der Waals surface area contributed by atoms with Crippen LogP contribution in [0, 0.1) is 0 Å². The van der Waals surface area contributed by atoms with E-state index >= 15 is 0 Å². The predicted molar refractivity (Wildman–Crippen MR) is 107 cm³/mol. The van der Waals surface area contributed by atoms with Gasteiger partial charge in [-0.3, -0.25) is 4.79 Å². The first-order valence-electron chi connectivity index (χ1n) is 8.39. The van der Waals surface area contributed by atoms with Crippen molar-refractivity contribution in [1.82, 2.24) is 15.5 Å². The number of nitrogens with one attached hydrogen (secondary N) is 1. The highest BCUT2D eigenvalue weighted by atomic mass is 35.5. The summed E-state index contributed by atoms with van der Waals surface area (Å²) in [7, 11) is 3.09. The molecule has 0 aliphatic rings. The number of carbonyl (C=O) groups excluding carboxylic acids is 1. The van der Waals surface area contributed by atoms with Crippen LogP contribution in [0.3, 0.4) is 0 Å². The van der Waals surface area contributed by atoms with Crippen LogP contribution in [0.4, 0.5) is 0 Å². The summed E-state index contributed by atoms with van der Waals surface area (Å²) in [5.41, 5.74) is 0.685. The first-order valence-corrected chi connectivity index (χ1v) is 9.15. The molecule has 152 valence electrons. The first-order chi connectivity index (χ1) is 14.0. The number of hydrogen-bond acceptors (Lipinski definition) is 7. The number of halogens is 2. The summed E-state index contributed by atoms with van der Waals surface area (Å²) >= 11 is 11.8. The molecule has 10 heteroatoms. The minimum Gasteiger partial charge on any atom is -0.493 e. The second kappa shape index (κ2) is 9.49. The molecule has 0 radical (unpaired) electrons. The SMILES string of the molecule is COc1ccc(-c2noc(CNC(=O)COc3ccc(Cl)cc3Cl)n2)cc1OC. The highest BCUT2D eigenvalue weighted by Gasteiger charge is 2.13. The van der Waals surface area contributed by atoms with Gasteiger partial charge in [0.2, 0.25) is 11.7 Å². The van der Waals surface area contributed by atoms with Crippen molar-refractivity contribution in [3.63, 3.8) is 0 Å². The Balaban J connectivity index is 1.55. The van der Waals surface area contributed by atoms with Crippen LogP contribution in [-0.2, 0) is 11.3 Å². The van der Waals surface area contributed by atoms with Gasteiger partial charge in [0, 0.05) is 10.6 Å². The van der Waals surface area contributed by atoms with Gasteiger partial charge >= 0.3 is 0 Å². The van der Waals surface area contributed by atoms with Crippen LogP contribution >= 0.6 is 23.2 Å². The van der Waals surface area contributed by atoms with Crippen molar-refractivity contribution in [3.05, 3.63) is 52.3 Å². The van der Waals surface area contributed by atoms with E-state index in [-0.39, 0.29) is 24.9 Å². The highest BCUT2D eigenvalue weighted by molar-refractivity contribution is 6.35. The zero-order valence-electron chi connectivity index (χ0n) is 15.6. The van der Waals surface area contributed by atoms with E-state index in [0.29, 0.717) is 38.7 Å². The first kappa shape index (κ1) is 20.8. The molecule has 0 aliphatic carbocycles. The largest absolute Gasteiger partial charge is 0.493 e. The number of carbonyl (C=O) groups is 1. The van der Waals surface area contributed by atoms with Crippen LogP contribution in [0.1, 0.15) is 5.89 Å². The van der Waals surface area contributed by atoms with Gasteiger partial charge in [-0.1, -0.05) is 28.4 Å². The van der Waals surface area contributed by atoms with Crippen LogP contribution in [0.15, 0.2) is 40.9 Å². The molecule has 0 atom stereocenters. The Hall–Kier alpha value is -2.97. The molecule has 0 saturated heterocycles. The van der Waals surface area contributed by atoms with Gasteiger partial charge in [0.05, 0.1) is 25.8 Å². The van der Waals surface area contributed by atoms with E-state index in [1.54, 1.807) is 37.4 Å². The second-order valence-corrected chi connectivity index (χ2v) is 6.57. The third kappa shape index (κ3) is 5.30. The Morgan fingerprint density at radius 2 is 1.83 bits per heavy atom. The standard InChI is InChI=1S/C19H17Cl2N3O5/c1-26-15-5-3-11(7-16(15)27-2)19-23-18(29-24-19)9-22-17(25)10-28-14-6-4-12(20)8-13(14)21/h3-8H,9-10H2,1-2H3,(H,22,25). The molecule has 1 aromatic heterocycles. The summed E-state index contributed by atoms with van der Waals surface area (Å²) in [6.07, 6.45) is 0. The van der Waals surface area contributed by atoms with Crippen molar-refractivity contribution in [3.8, 4) is 28.6 Å². The highest BCUT2D eigenvalue weighted by Crippen LogP contribution is 2.31. The number of aromatic nitrogens is 2. The lowest BCUT2D eigenvalue weighted by atomic mass is 10.2. The van der Waals surface area contributed by atoms with Crippen LogP contribution in [0.25, 0.3) is 11.4 Å². The number of hydrogen-bond donors (Lipinski definition) is 1. The number of amides is 1. The van der Waals surface area contributed by atoms with Gasteiger partial charge in [-0.2, -0.15) is 4.98 Å². The van der Waals surface area contributed by atoms with Gasteiger partial charge in [0.1, 0.15) is 5.75 Å². The predicted octanol–water partition coefficient (Wildman–Crippen LogP) is 3.76. The average molecular weight is 438 g/mol. The van der Waals surface area contributed by atoms with E-state index in [0.717, 1.165) is 0 Å². The molecule has 0 aliphatic heterocycles. The molecule has 0 bridgehead atoms.